The molecular weight excluding hydrogens is 362 g/mol. The molecule has 0 aliphatic carbocycles. The van der Waals surface area contributed by atoms with Crippen LogP contribution in [0.4, 0.5) is 0 Å². The first-order chi connectivity index (χ1) is 14.2. The summed E-state index contributed by atoms with van der Waals surface area (Å²) in [4.78, 5) is 19.9. The molecule has 5 heteroatoms. The molecule has 2 aromatic rings. The summed E-state index contributed by atoms with van der Waals surface area (Å²) in [7, 11) is 0. The number of nitrogens with zero attached hydrogens (tertiary/aromatic N) is 2. The number of para-hydroxylation sites is 1. The van der Waals surface area contributed by atoms with Crippen molar-refractivity contribution in [2.45, 2.75) is 45.1 Å². The highest BCUT2D eigenvalue weighted by Crippen LogP contribution is 2.36. The number of aromatic nitrogens is 1. The minimum Gasteiger partial charge on any atom is -0.493 e. The number of likely N-dealkylation sites (tertiary alicyclic amines) is 1. The molecule has 3 heterocycles. The van der Waals surface area contributed by atoms with Crippen LogP contribution in [0.1, 0.15) is 54.6 Å². The molecule has 1 unspecified atom stereocenters. The zero-order valence-electron chi connectivity index (χ0n) is 17.1. The number of ether oxygens (including phenoxy) is 1. The number of carbonyl (C=O) groups is 1. The molecular formula is C24H31N3O2. The molecule has 1 saturated heterocycles. The van der Waals surface area contributed by atoms with E-state index in [9.17, 15) is 4.79 Å². The van der Waals surface area contributed by atoms with Gasteiger partial charge in [0.15, 0.2) is 0 Å². The predicted octanol–water partition coefficient (Wildman–Crippen LogP) is 4.05. The molecule has 1 aromatic carbocycles. The van der Waals surface area contributed by atoms with Gasteiger partial charge < -0.3 is 10.1 Å². The third kappa shape index (κ3) is 5.15. The van der Waals surface area contributed by atoms with Crippen LogP contribution in [-0.4, -0.2) is 42.0 Å². The van der Waals surface area contributed by atoms with Gasteiger partial charge >= 0.3 is 0 Å². The maximum atomic E-state index is 12.9. The molecule has 1 N–H and O–H groups in total. The van der Waals surface area contributed by atoms with Crippen molar-refractivity contribution in [2.24, 2.45) is 5.41 Å². The van der Waals surface area contributed by atoms with E-state index in [0.29, 0.717) is 17.9 Å². The van der Waals surface area contributed by atoms with Gasteiger partial charge in [-0.05, 0) is 56.5 Å². The molecule has 0 bridgehead atoms. The number of nitrogens with one attached hydrogen (secondary N) is 1. The van der Waals surface area contributed by atoms with Gasteiger partial charge in [0.1, 0.15) is 5.75 Å². The Morgan fingerprint density at radius 2 is 1.90 bits per heavy atom. The minimum absolute atomic E-state index is 0.0256. The van der Waals surface area contributed by atoms with Crippen molar-refractivity contribution in [1.29, 1.82) is 0 Å². The first-order valence-electron chi connectivity index (χ1n) is 10.9. The van der Waals surface area contributed by atoms with Crippen LogP contribution in [0.25, 0.3) is 0 Å². The van der Waals surface area contributed by atoms with Gasteiger partial charge in [-0.15, -0.1) is 0 Å². The second kappa shape index (κ2) is 9.40. The van der Waals surface area contributed by atoms with Crippen LogP contribution < -0.4 is 10.1 Å². The number of piperidine rings is 1. The molecule has 1 aromatic heterocycles. The highest BCUT2D eigenvalue weighted by atomic mass is 16.5. The number of amides is 1. The lowest BCUT2D eigenvalue weighted by Crippen LogP contribution is -2.49. The van der Waals surface area contributed by atoms with Gasteiger partial charge in [-0.2, -0.15) is 0 Å². The number of rotatable bonds is 2. The Morgan fingerprint density at radius 1 is 1.03 bits per heavy atom. The Morgan fingerprint density at radius 3 is 2.79 bits per heavy atom. The first kappa shape index (κ1) is 19.9. The van der Waals surface area contributed by atoms with E-state index < -0.39 is 0 Å². The Labute approximate surface area is 173 Å². The first-order valence-corrected chi connectivity index (χ1v) is 10.9. The third-order valence-electron chi connectivity index (χ3n) is 6.22. The second-order valence-electron chi connectivity index (χ2n) is 8.47. The van der Waals surface area contributed by atoms with E-state index in [1.165, 1.54) is 19.3 Å². The topological polar surface area (TPSA) is 54.5 Å². The molecule has 0 saturated carbocycles. The monoisotopic (exact) mass is 393 g/mol. The van der Waals surface area contributed by atoms with Crippen molar-refractivity contribution in [3.05, 3.63) is 59.9 Å². The highest BCUT2D eigenvalue weighted by Gasteiger charge is 2.35. The standard InChI is InChI=1S/C24H31N3O2/c28-23-21-10-2-3-11-22(21)29-16-7-1-5-12-24(18-26-23)13-8-15-27(19-24)17-20-9-4-6-14-25-20/h2-4,6,9-11,14H,1,5,7-8,12-13,15-19H2,(H,26,28). The van der Waals surface area contributed by atoms with Gasteiger partial charge in [0, 0.05) is 31.2 Å². The lowest BCUT2D eigenvalue weighted by Gasteiger charge is -2.43. The van der Waals surface area contributed by atoms with Crippen LogP contribution in [0.15, 0.2) is 48.7 Å². The zero-order valence-corrected chi connectivity index (χ0v) is 17.1. The number of pyridine rings is 1. The molecule has 1 spiro atoms. The molecule has 154 valence electrons. The van der Waals surface area contributed by atoms with E-state index in [2.05, 4.69) is 27.3 Å². The van der Waals surface area contributed by atoms with Crippen LogP contribution in [0.3, 0.4) is 0 Å². The number of hydrogen-bond donors (Lipinski definition) is 1. The van der Waals surface area contributed by atoms with Crippen LogP contribution in [0.2, 0.25) is 0 Å². The van der Waals surface area contributed by atoms with Crippen LogP contribution >= 0.6 is 0 Å². The molecule has 4 rings (SSSR count). The normalized spacial score (nSPS) is 23.9. The lowest BCUT2D eigenvalue weighted by atomic mass is 9.75. The van der Waals surface area contributed by atoms with E-state index in [4.69, 9.17) is 4.74 Å². The SMILES string of the molecule is O=C1NCC2(CCCCCOc3ccccc31)CCCN(Cc1ccccn1)C2. The zero-order chi connectivity index (χ0) is 19.9. The Bertz CT molecular complexity index is 811. The van der Waals surface area contributed by atoms with Gasteiger partial charge in [0.25, 0.3) is 5.91 Å². The van der Waals surface area contributed by atoms with Gasteiger partial charge in [-0.1, -0.05) is 31.0 Å². The average Bonchev–Trinajstić information content (AvgIpc) is 2.75. The lowest BCUT2D eigenvalue weighted by molar-refractivity contribution is 0.0638. The number of fused-ring (bicyclic) bond motifs is 1. The predicted molar refractivity (Wildman–Crippen MR) is 114 cm³/mol. The van der Waals surface area contributed by atoms with Gasteiger partial charge in [0.05, 0.1) is 17.9 Å². The van der Waals surface area contributed by atoms with E-state index in [1.54, 1.807) is 0 Å². The van der Waals surface area contributed by atoms with Gasteiger partial charge in [-0.25, -0.2) is 0 Å². The van der Waals surface area contributed by atoms with Crippen molar-refractivity contribution in [1.82, 2.24) is 15.2 Å². The summed E-state index contributed by atoms with van der Waals surface area (Å²) in [6.07, 6.45) is 8.73. The van der Waals surface area contributed by atoms with E-state index in [1.807, 2.05) is 36.5 Å². The van der Waals surface area contributed by atoms with E-state index in [-0.39, 0.29) is 11.3 Å². The molecule has 5 nitrogen and oxygen atoms in total. The van der Waals surface area contributed by atoms with Crippen molar-refractivity contribution < 1.29 is 9.53 Å². The average molecular weight is 394 g/mol. The molecule has 2 aliphatic rings. The molecule has 1 fully saturated rings. The number of carbonyl (C=O) groups excluding carboxylic acids is 1. The Kier molecular flexibility index (Phi) is 6.45. The van der Waals surface area contributed by atoms with Crippen molar-refractivity contribution in [3.8, 4) is 5.75 Å². The van der Waals surface area contributed by atoms with Crippen LogP contribution in [-0.2, 0) is 6.54 Å². The van der Waals surface area contributed by atoms with E-state index >= 15 is 0 Å². The highest BCUT2D eigenvalue weighted by molar-refractivity contribution is 5.96. The molecule has 0 radical (unpaired) electrons. The molecule has 29 heavy (non-hydrogen) atoms. The second-order valence-corrected chi connectivity index (χ2v) is 8.47. The van der Waals surface area contributed by atoms with Crippen molar-refractivity contribution in [2.75, 3.05) is 26.2 Å². The van der Waals surface area contributed by atoms with Crippen LogP contribution in [0.5, 0.6) is 5.75 Å². The fourth-order valence-corrected chi connectivity index (χ4v) is 4.71. The summed E-state index contributed by atoms with van der Waals surface area (Å²) >= 11 is 0. The largest absolute Gasteiger partial charge is 0.493 e. The number of hydrogen-bond acceptors (Lipinski definition) is 4. The fourth-order valence-electron chi connectivity index (χ4n) is 4.71. The maximum absolute atomic E-state index is 12.9. The van der Waals surface area contributed by atoms with Crippen LogP contribution in [0, 0.1) is 5.41 Å². The third-order valence-corrected chi connectivity index (χ3v) is 6.22. The van der Waals surface area contributed by atoms with Crippen molar-refractivity contribution >= 4 is 5.91 Å². The quantitative estimate of drug-likeness (QED) is 0.836. The maximum Gasteiger partial charge on any atom is 0.255 e. The summed E-state index contributed by atoms with van der Waals surface area (Å²) in [6.45, 7) is 4.39. The minimum atomic E-state index is -0.0256. The summed E-state index contributed by atoms with van der Waals surface area (Å²) < 4.78 is 5.88. The summed E-state index contributed by atoms with van der Waals surface area (Å²) in [5, 5.41) is 3.24. The molecule has 1 amide bonds. The van der Waals surface area contributed by atoms with Crippen molar-refractivity contribution in [3.63, 3.8) is 0 Å². The molecule has 1 atom stereocenters. The Hall–Kier alpha value is -2.40. The van der Waals surface area contributed by atoms with Gasteiger partial charge in [-0.3, -0.25) is 14.7 Å². The summed E-state index contributed by atoms with van der Waals surface area (Å²) in [5.41, 5.74) is 1.90. The summed E-state index contributed by atoms with van der Waals surface area (Å²) in [5.74, 6) is 0.669. The van der Waals surface area contributed by atoms with E-state index in [0.717, 1.165) is 51.1 Å². The van der Waals surface area contributed by atoms with Gasteiger partial charge in [0.2, 0.25) is 0 Å². The smallest absolute Gasteiger partial charge is 0.255 e. The Balaban J connectivity index is 1.49. The summed E-state index contributed by atoms with van der Waals surface area (Å²) in [6, 6.07) is 13.7. The fraction of sp³-hybridized carbons (Fsp3) is 0.500. The number of benzene rings is 1. The molecule has 2 aliphatic heterocycles.